The smallest absolute Gasteiger partial charge is 0.232 e. The number of methoxy groups -OCH3 is 1. The quantitative estimate of drug-likeness (QED) is 0.470. The zero-order valence-corrected chi connectivity index (χ0v) is 17.0. The average Bonchev–Trinajstić information content (AvgIpc) is 3.48. The van der Waals surface area contributed by atoms with Crippen LogP contribution in [0.4, 0.5) is 0 Å². The molecule has 0 bridgehead atoms. The first-order valence-corrected chi connectivity index (χ1v) is 10.0. The van der Waals surface area contributed by atoms with E-state index in [0.717, 1.165) is 24.3 Å². The predicted octanol–water partition coefficient (Wildman–Crippen LogP) is 2.71. The van der Waals surface area contributed by atoms with Gasteiger partial charge in [0, 0.05) is 56.4 Å². The number of hydrogen-bond acceptors (Lipinski definition) is 9. The predicted molar refractivity (Wildman–Crippen MR) is 111 cm³/mol. The van der Waals surface area contributed by atoms with Crippen molar-refractivity contribution in [2.45, 2.75) is 18.4 Å². The van der Waals surface area contributed by atoms with Crippen molar-refractivity contribution in [2.24, 2.45) is 0 Å². The molecule has 156 valence electrons. The van der Waals surface area contributed by atoms with Crippen molar-refractivity contribution >= 4 is 0 Å². The first-order valence-electron chi connectivity index (χ1n) is 10.0. The molecular formula is C22H21N7O2. The summed E-state index contributed by atoms with van der Waals surface area (Å²) < 4.78 is 10.9. The van der Waals surface area contributed by atoms with Gasteiger partial charge in [0.2, 0.25) is 17.6 Å². The van der Waals surface area contributed by atoms with E-state index in [-0.39, 0.29) is 11.8 Å². The summed E-state index contributed by atoms with van der Waals surface area (Å²) in [7, 11) is 1.63. The molecule has 2 atom stereocenters. The third-order valence-corrected chi connectivity index (χ3v) is 5.44. The maximum absolute atomic E-state index is 5.68. The van der Waals surface area contributed by atoms with Gasteiger partial charge in [0.1, 0.15) is 5.69 Å². The molecule has 9 heteroatoms. The minimum absolute atomic E-state index is 0.0349. The highest BCUT2D eigenvalue weighted by Crippen LogP contribution is 2.39. The number of ether oxygens (including phenoxy) is 1. The minimum Gasteiger partial charge on any atom is -0.481 e. The van der Waals surface area contributed by atoms with Crippen LogP contribution in [0, 0.1) is 0 Å². The van der Waals surface area contributed by atoms with E-state index in [2.05, 4.69) is 41.0 Å². The Balaban J connectivity index is 1.42. The van der Waals surface area contributed by atoms with Gasteiger partial charge in [-0.25, -0.2) is 9.97 Å². The van der Waals surface area contributed by atoms with Gasteiger partial charge in [-0.3, -0.25) is 14.9 Å². The van der Waals surface area contributed by atoms with Crippen LogP contribution in [-0.4, -0.2) is 55.2 Å². The summed E-state index contributed by atoms with van der Waals surface area (Å²) in [6, 6.07) is 9.86. The van der Waals surface area contributed by atoms with E-state index in [1.807, 2.05) is 30.5 Å². The highest BCUT2D eigenvalue weighted by Gasteiger charge is 2.38. The van der Waals surface area contributed by atoms with Crippen LogP contribution < -0.4 is 4.74 Å². The van der Waals surface area contributed by atoms with Gasteiger partial charge in [-0.1, -0.05) is 17.3 Å². The molecule has 0 spiro atoms. The molecule has 0 amide bonds. The summed E-state index contributed by atoms with van der Waals surface area (Å²) in [6.45, 7) is 2.30. The van der Waals surface area contributed by atoms with Crippen LogP contribution in [0.1, 0.15) is 29.0 Å². The van der Waals surface area contributed by atoms with Crippen molar-refractivity contribution in [3.63, 3.8) is 0 Å². The lowest BCUT2D eigenvalue weighted by Gasteiger charge is -2.16. The minimum atomic E-state index is 0.0349. The number of likely N-dealkylation sites (tertiary alicyclic amines) is 1. The Kier molecular flexibility index (Phi) is 5.32. The first-order chi connectivity index (χ1) is 15.3. The Hall–Kier alpha value is -3.72. The van der Waals surface area contributed by atoms with Crippen LogP contribution >= 0.6 is 0 Å². The molecule has 1 saturated heterocycles. The lowest BCUT2D eigenvalue weighted by molar-refractivity contribution is 0.304. The van der Waals surface area contributed by atoms with E-state index in [0.29, 0.717) is 29.8 Å². The van der Waals surface area contributed by atoms with Gasteiger partial charge >= 0.3 is 0 Å². The van der Waals surface area contributed by atoms with Gasteiger partial charge in [0.05, 0.1) is 24.9 Å². The maximum Gasteiger partial charge on any atom is 0.232 e. The number of aromatic nitrogens is 6. The molecule has 0 aromatic carbocycles. The molecular weight excluding hydrogens is 394 g/mol. The molecule has 0 saturated carbocycles. The molecule has 0 N–H and O–H groups in total. The molecule has 9 nitrogen and oxygen atoms in total. The molecule has 5 rings (SSSR count). The van der Waals surface area contributed by atoms with Crippen LogP contribution in [0.25, 0.3) is 11.5 Å². The molecule has 1 aliphatic heterocycles. The summed E-state index contributed by atoms with van der Waals surface area (Å²) in [5.41, 5.74) is 2.69. The summed E-state index contributed by atoms with van der Waals surface area (Å²) in [5.74, 6) is 1.86. The van der Waals surface area contributed by atoms with E-state index < -0.39 is 0 Å². The van der Waals surface area contributed by atoms with Gasteiger partial charge in [-0.15, -0.1) is 0 Å². The maximum atomic E-state index is 5.68. The fourth-order valence-electron chi connectivity index (χ4n) is 3.99. The lowest BCUT2D eigenvalue weighted by Crippen LogP contribution is -2.21. The second-order valence-electron chi connectivity index (χ2n) is 7.41. The highest BCUT2D eigenvalue weighted by atomic mass is 16.5. The zero-order chi connectivity index (χ0) is 21.0. The Morgan fingerprint density at radius 1 is 1.00 bits per heavy atom. The monoisotopic (exact) mass is 415 g/mol. The van der Waals surface area contributed by atoms with Crippen molar-refractivity contribution in [3.8, 4) is 17.4 Å². The van der Waals surface area contributed by atoms with Gasteiger partial charge < -0.3 is 9.26 Å². The number of nitrogens with zero attached hydrogens (tertiary/aromatic N) is 7. The van der Waals surface area contributed by atoms with E-state index >= 15 is 0 Å². The largest absolute Gasteiger partial charge is 0.481 e. The van der Waals surface area contributed by atoms with Crippen molar-refractivity contribution in [1.29, 1.82) is 0 Å². The third-order valence-electron chi connectivity index (χ3n) is 5.44. The van der Waals surface area contributed by atoms with Crippen LogP contribution in [0.15, 0.2) is 65.8 Å². The van der Waals surface area contributed by atoms with Gasteiger partial charge in [-0.05, 0) is 17.7 Å². The Morgan fingerprint density at radius 3 is 2.71 bits per heavy atom. The highest BCUT2D eigenvalue weighted by molar-refractivity contribution is 5.45. The van der Waals surface area contributed by atoms with Crippen LogP contribution in [-0.2, 0) is 6.54 Å². The topological polar surface area (TPSA) is 103 Å². The molecule has 1 aliphatic rings. The Labute approximate surface area is 179 Å². The van der Waals surface area contributed by atoms with Crippen LogP contribution in [0.2, 0.25) is 0 Å². The van der Waals surface area contributed by atoms with E-state index in [4.69, 9.17) is 9.26 Å². The summed E-state index contributed by atoms with van der Waals surface area (Å²) >= 11 is 0. The molecule has 5 heterocycles. The van der Waals surface area contributed by atoms with Crippen LogP contribution in [0.5, 0.6) is 5.88 Å². The van der Waals surface area contributed by atoms with Crippen molar-refractivity contribution in [2.75, 3.05) is 20.2 Å². The molecule has 0 radical (unpaired) electrons. The third kappa shape index (κ3) is 4.13. The van der Waals surface area contributed by atoms with E-state index in [1.54, 1.807) is 31.9 Å². The molecule has 4 aromatic heterocycles. The first kappa shape index (κ1) is 19.3. The SMILES string of the molecule is COc1cccc(CN2C[C@@H](c3cccnc3)[C@H](c3nc(-c4cnccn4)no3)C2)n1. The normalized spacial score (nSPS) is 18.9. The Bertz CT molecular complexity index is 1140. The standard InChI is InChI=1S/C22H21N7O2/c1-30-20-6-2-5-16(26-20)12-29-13-17(15-4-3-7-23-10-15)18(14-29)22-27-21(28-31-22)19-11-24-8-9-25-19/h2-11,17-18H,12-14H2,1H3/t17-,18+/m0/s1. The fourth-order valence-corrected chi connectivity index (χ4v) is 3.99. The molecule has 0 unspecified atom stereocenters. The van der Waals surface area contributed by atoms with Crippen LogP contribution in [0.3, 0.4) is 0 Å². The van der Waals surface area contributed by atoms with Gasteiger partial charge in [0.15, 0.2) is 0 Å². The summed E-state index contributed by atoms with van der Waals surface area (Å²) in [5, 5.41) is 4.14. The molecule has 4 aromatic rings. The zero-order valence-electron chi connectivity index (χ0n) is 17.0. The summed E-state index contributed by atoms with van der Waals surface area (Å²) in [6.07, 6.45) is 8.55. The van der Waals surface area contributed by atoms with Crippen molar-refractivity contribution in [1.82, 2.24) is 35.0 Å². The van der Waals surface area contributed by atoms with Gasteiger partial charge in [-0.2, -0.15) is 4.98 Å². The Morgan fingerprint density at radius 2 is 1.90 bits per heavy atom. The number of pyridine rings is 2. The molecule has 1 fully saturated rings. The number of rotatable bonds is 6. The summed E-state index contributed by atoms with van der Waals surface area (Å²) in [4.78, 5) is 24.2. The van der Waals surface area contributed by atoms with Crippen molar-refractivity contribution in [3.05, 3.63) is 78.5 Å². The van der Waals surface area contributed by atoms with Crippen molar-refractivity contribution < 1.29 is 9.26 Å². The average molecular weight is 415 g/mol. The fraction of sp³-hybridized carbons (Fsp3) is 0.273. The van der Waals surface area contributed by atoms with E-state index in [1.165, 1.54) is 0 Å². The van der Waals surface area contributed by atoms with E-state index in [9.17, 15) is 0 Å². The molecule has 0 aliphatic carbocycles. The second-order valence-corrected chi connectivity index (χ2v) is 7.41. The van der Waals surface area contributed by atoms with Gasteiger partial charge in [0.25, 0.3) is 0 Å². The second kappa shape index (κ2) is 8.57. The lowest BCUT2D eigenvalue weighted by atomic mass is 9.90. The molecule has 31 heavy (non-hydrogen) atoms. The number of hydrogen-bond donors (Lipinski definition) is 0.